The summed E-state index contributed by atoms with van der Waals surface area (Å²) >= 11 is 0. The smallest absolute Gasteiger partial charge is 0.318 e. The lowest BCUT2D eigenvalue weighted by molar-refractivity contribution is -0.124. The summed E-state index contributed by atoms with van der Waals surface area (Å²) in [5.41, 5.74) is 1.05. The summed E-state index contributed by atoms with van der Waals surface area (Å²) in [6.07, 6.45) is 0.772. The maximum absolute atomic E-state index is 12.6. The number of nitrogens with one attached hydrogen (secondary N) is 2. The minimum atomic E-state index is -0.448. The molecule has 0 saturated carbocycles. The van der Waals surface area contributed by atoms with E-state index in [1.807, 2.05) is 25.1 Å². The van der Waals surface area contributed by atoms with Gasteiger partial charge in [-0.25, -0.2) is 4.79 Å². The lowest BCUT2D eigenvalue weighted by Crippen LogP contribution is -2.49. The molecule has 3 rings (SSSR count). The van der Waals surface area contributed by atoms with Gasteiger partial charge in [0.2, 0.25) is 5.91 Å². The van der Waals surface area contributed by atoms with Crippen LogP contribution in [-0.4, -0.2) is 36.0 Å². The normalized spacial score (nSPS) is 19.5. The van der Waals surface area contributed by atoms with Crippen molar-refractivity contribution in [2.45, 2.75) is 32.4 Å². The fraction of sp³-hybridized carbons (Fsp3) is 0.368. The number of hydrogen-bond acceptors (Lipinski definition) is 2. The molecule has 2 aromatic carbocycles. The Hall–Kier alpha value is -2.56. The van der Waals surface area contributed by atoms with Crippen molar-refractivity contribution in [2.75, 3.05) is 13.1 Å². The highest BCUT2D eigenvalue weighted by Gasteiger charge is 2.28. The number of rotatable bonds is 2. The zero-order valence-corrected chi connectivity index (χ0v) is 14.1. The molecule has 0 bridgehead atoms. The summed E-state index contributed by atoms with van der Waals surface area (Å²) in [6.45, 7) is 4.93. The molecule has 24 heavy (non-hydrogen) atoms. The lowest BCUT2D eigenvalue weighted by Gasteiger charge is -2.27. The predicted octanol–water partition coefficient (Wildman–Crippen LogP) is 2.82. The van der Waals surface area contributed by atoms with Crippen LogP contribution in [-0.2, 0) is 4.79 Å². The molecular formula is C19H23N3O2. The Bertz CT molecular complexity index is 759. The van der Waals surface area contributed by atoms with Crippen molar-refractivity contribution in [1.82, 2.24) is 15.5 Å². The average molecular weight is 325 g/mol. The number of carbonyl (C=O) groups excluding carboxylic acids is 2. The third-order valence-electron chi connectivity index (χ3n) is 4.60. The largest absolute Gasteiger partial charge is 0.354 e. The molecule has 1 aliphatic rings. The second-order valence-electron chi connectivity index (χ2n) is 6.29. The molecular weight excluding hydrogens is 302 g/mol. The van der Waals surface area contributed by atoms with Crippen LogP contribution in [0.5, 0.6) is 0 Å². The van der Waals surface area contributed by atoms with Crippen LogP contribution in [0.3, 0.4) is 0 Å². The molecule has 1 aliphatic heterocycles. The summed E-state index contributed by atoms with van der Waals surface area (Å²) in [6, 6.07) is 13.6. The first-order valence-corrected chi connectivity index (χ1v) is 8.40. The van der Waals surface area contributed by atoms with Crippen LogP contribution in [0.15, 0.2) is 42.5 Å². The Morgan fingerprint density at radius 3 is 2.79 bits per heavy atom. The van der Waals surface area contributed by atoms with Crippen LogP contribution < -0.4 is 10.6 Å². The van der Waals surface area contributed by atoms with Crippen LogP contribution in [0.25, 0.3) is 10.8 Å². The molecule has 5 heteroatoms. The van der Waals surface area contributed by atoms with Gasteiger partial charge in [-0.2, -0.15) is 0 Å². The van der Waals surface area contributed by atoms with Gasteiger partial charge in [0.25, 0.3) is 0 Å². The molecule has 2 atom stereocenters. The van der Waals surface area contributed by atoms with Crippen LogP contribution in [0.4, 0.5) is 4.79 Å². The molecule has 1 fully saturated rings. The van der Waals surface area contributed by atoms with E-state index < -0.39 is 6.04 Å². The number of amides is 3. The molecule has 0 radical (unpaired) electrons. The van der Waals surface area contributed by atoms with Gasteiger partial charge in [-0.3, -0.25) is 4.79 Å². The van der Waals surface area contributed by atoms with Crippen molar-refractivity contribution < 1.29 is 9.59 Å². The van der Waals surface area contributed by atoms with E-state index in [4.69, 9.17) is 0 Å². The minimum absolute atomic E-state index is 0.0963. The SMILES string of the molecule is C[C@H](NC(=O)N1CCCNC(=O)[C@@H]1C)c1ccc2ccccc2c1. The fourth-order valence-electron chi connectivity index (χ4n) is 3.05. The number of fused-ring (bicyclic) bond motifs is 1. The number of benzene rings is 2. The molecule has 126 valence electrons. The van der Waals surface area contributed by atoms with Crippen molar-refractivity contribution in [3.05, 3.63) is 48.0 Å². The van der Waals surface area contributed by atoms with Crippen LogP contribution in [0.1, 0.15) is 31.9 Å². The van der Waals surface area contributed by atoms with E-state index in [-0.39, 0.29) is 18.0 Å². The Kier molecular flexibility index (Phi) is 4.69. The highest BCUT2D eigenvalue weighted by molar-refractivity contribution is 5.87. The van der Waals surface area contributed by atoms with Crippen molar-refractivity contribution >= 4 is 22.7 Å². The first kappa shape index (κ1) is 16.3. The average Bonchev–Trinajstić information content (AvgIpc) is 2.76. The van der Waals surface area contributed by atoms with E-state index in [2.05, 4.69) is 34.9 Å². The Balaban J connectivity index is 1.73. The lowest BCUT2D eigenvalue weighted by atomic mass is 10.0. The summed E-state index contributed by atoms with van der Waals surface area (Å²) < 4.78 is 0. The van der Waals surface area contributed by atoms with Gasteiger partial charge in [-0.05, 0) is 42.7 Å². The van der Waals surface area contributed by atoms with Gasteiger partial charge < -0.3 is 15.5 Å². The van der Waals surface area contributed by atoms with Gasteiger partial charge in [-0.1, -0.05) is 36.4 Å². The second kappa shape index (κ2) is 6.91. The summed E-state index contributed by atoms with van der Waals surface area (Å²) in [7, 11) is 0. The van der Waals surface area contributed by atoms with Gasteiger partial charge in [0.05, 0.1) is 6.04 Å². The molecule has 0 aromatic heterocycles. The molecule has 0 spiro atoms. The molecule has 3 amide bonds. The highest BCUT2D eigenvalue weighted by Crippen LogP contribution is 2.20. The number of carbonyl (C=O) groups is 2. The van der Waals surface area contributed by atoms with Crippen molar-refractivity contribution in [1.29, 1.82) is 0 Å². The summed E-state index contributed by atoms with van der Waals surface area (Å²) in [4.78, 5) is 26.1. The predicted molar refractivity (Wildman–Crippen MR) is 94.7 cm³/mol. The van der Waals surface area contributed by atoms with Crippen molar-refractivity contribution in [3.63, 3.8) is 0 Å². The Morgan fingerprint density at radius 2 is 2.00 bits per heavy atom. The van der Waals surface area contributed by atoms with Crippen LogP contribution in [0.2, 0.25) is 0 Å². The maximum atomic E-state index is 12.6. The number of hydrogen-bond donors (Lipinski definition) is 2. The third kappa shape index (κ3) is 3.35. The highest BCUT2D eigenvalue weighted by atomic mass is 16.2. The van der Waals surface area contributed by atoms with Gasteiger partial charge >= 0.3 is 6.03 Å². The van der Waals surface area contributed by atoms with Gasteiger partial charge in [0.15, 0.2) is 0 Å². The molecule has 2 N–H and O–H groups in total. The second-order valence-corrected chi connectivity index (χ2v) is 6.29. The standard InChI is InChI=1S/C19H23N3O2/c1-13(16-9-8-15-6-3-4-7-17(15)12-16)21-19(24)22-11-5-10-20-18(23)14(22)2/h3-4,6-9,12-14H,5,10-11H2,1-2H3,(H,20,23)(H,21,24)/t13-,14-/m0/s1. The van der Waals surface area contributed by atoms with E-state index in [0.717, 1.165) is 17.4 Å². The quantitative estimate of drug-likeness (QED) is 0.892. The topological polar surface area (TPSA) is 61.4 Å². The van der Waals surface area contributed by atoms with E-state index in [1.54, 1.807) is 11.8 Å². The summed E-state index contributed by atoms with van der Waals surface area (Å²) in [5.74, 6) is -0.0963. The molecule has 2 aromatic rings. The fourth-order valence-corrected chi connectivity index (χ4v) is 3.05. The summed E-state index contributed by atoms with van der Waals surface area (Å²) in [5, 5.41) is 8.17. The van der Waals surface area contributed by atoms with E-state index in [9.17, 15) is 9.59 Å². The van der Waals surface area contributed by atoms with E-state index >= 15 is 0 Å². The van der Waals surface area contributed by atoms with Gasteiger partial charge in [0, 0.05) is 13.1 Å². The van der Waals surface area contributed by atoms with Crippen molar-refractivity contribution in [3.8, 4) is 0 Å². The minimum Gasteiger partial charge on any atom is -0.354 e. The molecule has 0 unspecified atom stereocenters. The zero-order valence-electron chi connectivity index (χ0n) is 14.1. The van der Waals surface area contributed by atoms with Crippen molar-refractivity contribution in [2.24, 2.45) is 0 Å². The molecule has 5 nitrogen and oxygen atoms in total. The van der Waals surface area contributed by atoms with E-state index in [1.165, 1.54) is 5.39 Å². The first-order chi connectivity index (χ1) is 11.6. The first-order valence-electron chi connectivity index (χ1n) is 8.40. The van der Waals surface area contributed by atoms with E-state index in [0.29, 0.717) is 13.1 Å². The Morgan fingerprint density at radius 1 is 1.25 bits per heavy atom. The zero-order chi connectivity index (χ0) is 17.1. The van der Waals surface area contributed by atoms with Crippen LogP contribution >= 0.6 is 0 Å². The molecule has 1 saturated heterocycles. The maximum Gasteiger partial charge on any atom is 0.318 e. The van der Waals surface area contributed by atoms with Crippen LogP contribution in [0, 0.1) is 0 Å². The monoisotopic (exact) mass is 325 g/mol. The molecule has 1 heterocycles. The van der Waals surface area contributed by atoms with Gasteiger partial charge in [0.1, 0.15) is 6.04 Å². The Labute approximate surface area is 142 Å². The number of nitrogens with zero attached hydrogens (tertiary/aromatic N) is 1. The molecule has 0 aliphatic carbocycles. The number of urea groups is 1. The third-order valence-corrected chi connectivity index (χ3v) is 4.60. The van der Waals surface area contributed by atoms with Gasteiger partial charge in [-0.15, -0.1) is 0 Å².